The van der Waals surface area contributed by atoms with Gasteiger partial charge in [0.15, 0.2) is 0 Å². The summed E-state index contributed by atoms with van der Waals surface area (Å²) in [6.45, 7) is 3.77. The highest BCUT2D eigenvalue weighted by Crippen LogP contribution is 2.44. The molecule has 0 radical (unpaired) electrons. The second-order valence-electron chi connectivity index (χ2n) is 6.02. The summed E-state index contributed by atoms with van der Waals surface area (Å²) >= 11 is 0. The van der Waals surface area contributed by atoms with Crippen LogP contribution in [0.1, 0.15) is 46.0 Å². The van der Waals surface area contributed by atoms with Crippen LogP contribution in [0.4, 0.5) is 4.79 Å². The summed E-state index contributed by atoms with van der Waals surface area (Å²) < 4.78 is 0. The Balaban J connectivity index is 1.85. The Bertz CT molecular complexity index is 339. The Morgan fingerprint density at radius 1 is 1.16 bits per heavy atom. The van der Waals surface area contributed by atoms with Gasteiger partial charge < -0.3 is 15.7 Å². The van der Waals surface area contributed by atoms with E-state index in [0.717, 1.165) is 6.42 Å². The van der Waals surface area contributed by atoms with Crippen LogP contribution in [0.15, 0.2) is 0 Å². The van der Waals surface area contributed by atoms with Crippen LogP contribution >= 0.6 is 0 Å². The maximum Gasteiger partial charge on any atom is 0.326 e. The highest BCUT2D eigenvalue weighted by atomic mass is 16.4. The number of aliphatic carboxylic acids is 1. The van der Waals surface area contributed by atoms with Gasteiger partial charge in [0, 0.05) is 6.04 Å². The minimum atomic E-state index is -0.959. The molecule has 0 aromatic heterocycles. The molecule has 0 heterocycles. The lowest BCUT2D eigenvalue weighted by Crippen LogP contribution is -2.52. The van der Waals surface area contributed by atoms with Gasteiger partial charge in [0.25, 0.3) is 0 Å². The van der Waals surface area contributed by atoms with Gasteiger partial charge in [-0.2, -0.15) is 0 Å². The van der Waals surface area contributed by atoms with Crippen LogP contribution in [0.5, 0.6) is 0 Å². The standard InChI is InChI=1S/C14H24N2O3/c1-3-8(2)11(13(17)18)15-14(19)16-12(9-4-5-9)10-6-7-10/h8-12H,3-7H2,1-2H3,(H,17,18)(H2,15,16,19)/t8?,11-/m0/s1. The number of carbonyl (C=O) groups excluding carboxylic acids is 1. The predicted octanol–water partition coefficient (Wildman–Crippen LogP) is 1.97. The molecule has 2 fully saturated rings. The monoisotopic (exact) mass is 268 g/mol. The minimum Gasteiger partial charge on any atom is -0.480 e. The maximum absolute atomic E-state index is 12.0. The van der Waals surface area contributed by atoms with E-state index in [1.807, 2.05) is 13.8 Å². The van der Waals surface area contributed by atoms with Gasteiger partial charge >= 0.3 is 12.0 Å². The summed E-state index contributed by atoms with van der Waals surface area (Å²) in [5, 5.41) is 14.8. The van der Waals surface area contributed by atoms with Crippen molar-refractivity contribution in [2.75, 3.05) is 0 Å². The Labute approximate surface area is 114 Å². The molecule has 2 rings (SSSR count). The van der Waals surface area contributed by atoms with Crippen molar-refractivity contribution in [3.05, 3.63) is 0 Å². The van der Waals surface area contributed by atoms with Crippen LogP contribution in [0.2, 0.25) is 0 Å². The van der Waals surface area contributed by atoms with E-state index in [1.54, 1.807) is 0 Å². The number of nitrogens with one attached hydrogen (secondary N) is 2. The summed E-state index contributed by atoms with van der Waals surface area (Å²) in [6, 6.07) is -0.869. The number of rotatable bonds is 7. The van der Waals surface area contributed by atoms with Gasteiger partial charge in [-0.3, -0.25) is 0 Å². The highest BCUT2D eigenvalue weighted by Gasteiger charge is 2.42. The molecule has 1 unspecified atom stereocenters. The molecule has 2 saturated carbocycles. The van der Waals surface area contributed by atoms with Gasteiger partial charge in [-0.15, -0.1) is 0 Å². The predicted molar refractivity (Wildman–Crippen MR) is 71.8 cm³/mol. The lowest BCUT2D eigenvalue weighted by Gasteiger charge is -2.23. The first-order valence-corrected chi connectivity index (χ1v) is 7.32. The SMILES string of the molecule is CCC(C)[C@H](NC(=O)NC(C1CC1)C1CC1)C(=O)O. The van der Waals surface area contributed by atoms with E-state index in [2.05, 4.69) is 10.6 Å². The molecular formula is C14H24N2O3. The molecule has 3 N–H and O–H groups in total. The van der Waals surface area contributed by atoms with E-state index in [1.165, 1.54) is 25.7 Å². The van der Waals surface area contributed by atoms with Crippen molar-refractivity contribution in [3.8, 4) is 0 Å². The van der Waals surface area contributed by atoms with Crippen molar-refractivity contribution in [1.82, 2.24) is 10.6 Å². The number of amides is 2. The minimum absolute atomic E-state index is 0.0662. The number of carbonyl (C=O) groups is 2. The maximum atomic E-state index is 12.0. The van der Waals surface area contributed by atoms with Crippen molar-refractivity contribution in [3.63, 3.8) is 0 Å². The fraction of sp³-hybridized carbons (Fsp3) is 0.857. The molecule has 5 heteroatoms. The highest BCUT2D eigenvalue weighted by molar-refractivity contribution is 5.82. The van der Waals surface area contributed by atoms with Crippen molar-refractivity contribution >= 4 is 12.0 Å². The lowest BCUT2D eigenvalue weighted by molar-refractivity contribution is -0.140. The summed E-state index contributed by atoms with van der Waals surface area (Å²) in [5.41, 5.74) is 0. The van der Waals surface area contributed by atoms with Crippen molar-refractivity contribution in [2.45, 2.75) is 58.0 Å². The molecule has 2 aliphatic carbocycles. The molecule has 0 aromatic rings. The molecule has 2 atom stereocenters. The Morgan fingerprint density at radius 2 is 1.68 bits per heavy atom. The summed E-state index contributed by atoms with van der Waals surface area (Å²) in [5.74, 6) is 0.206. The van der Waals surface area contributed by atoms with Crippen LogP contribution in [-0.4, -0.2) is 29.2 Å². The largest absolute Gasteiger partial charge is 0.480 e. The third-order valence-electron chi connectivity index (χ3n) is 4.32. The number of carboxylic acid groups (broad SMARTS) is 1. The first-order valence-electron chi connectivity index (χ1n) is 7.32. The van der Waals surface area contributed by atoms with Crippen LogP contribution in [-0.2, 0) is 4.79 Å². The molecule has 5 nitrogen and oxygen atoms in total. The molecule has 0 bridgehead atoms. The number of urea groups is 1. The van der Waals surface area contributed by atoms with Crippen LogP contribution < -0.4 is 10.6 Å². The number of carboxylic acids is 1. The average molecular weight is 268 g/mol. The normalized spacial score (nSPS) is 21.8. The third-order valence-corrected chi connectivity index (χ3v) is 4.32. The van der Waals surface area contributed by atoms with Gasteiger partial charge in [-0.1, -0.05) is 20.3 Å². The molecular weight excluding hydrogens is 244 g/mol. The van der Waals surface area contributed by atoms with Gasteiger partial charge in [0.05, 0.1) is 0 Å². The summed E-state index contributed by atoms with van der Waals surface area (Å²) in [7, 11) is 0. The topological polar surface area (TPSA) is 78.4 Å². The van der Waals surface area contributed by atoms with Crippen molar-refractivity contribution in [2.24, 2.45) is 17.8 Å². The van der Waals surface area contributed by atoms with E-state index in [4.69, 9.17) is 5.11 Å². The van der Waals surface area contributed by atoms with E-state index in [0.29, 0.717) is 11.8 Å². The smallest absolute Gasteiger partial charge is 0.326 e. The molecule has 0 aliphatic heterocycles. The zero-order chi connectivity index (χ0) is 14.0. The molecule has 108 valence electrons. The van der Waals surface area contributed by atoms with Gasteiger partial charge in [0.1, 0.15) is 6.04 Å². The fourth-order valence-corrected chi connectivity index (χ4v) is 2.55. The van der Waals surface area contributed by atoms with Crippen molar-refractivity contribution in [1.29, 1.82) is 0 Å². The van der Waals surface area contributed by atoms with E-state index < -0.39 is 12.0 Å². The molecule has 0 aromatic carbocycles. The number of hydrogen-bond donors (Lipinski definition) is 3. The summed E-state index contributed by atoms with van der Waals surface area (Å²) in [4.78, 5) is 23.1. The van der Waals surface area contributed by atoms with E-state index >= 15 is 0 Å². The van der Waals surface area contributed by atoms with Gasteiger partial charge in [-0.05, 0) is 43.4 Å². The van der Waals surface area contributed by atoms with Gasteiger partial charge in [0.2, 0.25) is 0 Å². The van der Waals surface area contributed by atoms with Crippen LogP contribution in [0, 0.1) is 17.8 Å². The van der Waals surface area contributed by atoms with E-state index in [-0.39, 0.29) is 18.0 Å². The average Bonchev–Trinajstić information content (AvgIpc) is 3.24. The van der Waals surface area contributed by atoms with Crippen molar-refractivity contribution < 1.29 is 14.7 Å². The van der Waals surface area contributed by atoms with Crippen LogP contribution in [0.3, 0.4) is 0 Å². The molecule has 19 heavy (non-hydrogen) atoms. The fourth-order valence-electron chi connectivity index (χ4n) is 2.55. The Morgan fingerprint density at radius 3 is 2.05 bits per heavy atom. The zero-order valence-corrected chi connectivity index (χ0v) is 11.7. The molecule has 2 amide bonds. The molecule has 0 saturated heterocycles. The Hall–Kier alpha value is -1.26. The van der Waals surface area contributed by atoms with Crippen LogP contribution in [0.25, 0.3) is 0 Å². The quantitative estimate of drug-likeness (QED) is 0.660. The zero-order valence-electron chi connectivity index (χ0n) is 11.7. The first-order chi connectivity index (χ1) is 9.02. The van der Waals surface area contributed by atoms with Gasteiger partial charge in [-0.25, -0.2) is 9.59 Å². The van der Waals surface area contributed by atoms with E-state index in [9.17, 15) is 9.59 Å². The lowest BCUT2D eigenvalue weighted by atomic mass is 9.99. The summed E-state index contributed by atoms with van der Waals surface area (Å²) in [6.07, 6.45) is 5.49. The second-order valence-corrected chi connectivity index (χ2v) is 6.02. The third kappa shape index (κ3) is 3.85. The number of hydrogen-bond acceptors (Lipinski definition) is 2. The second kappa shape index (κ2) is 5.80. The molecule has 0 spiro atoms. The first kappa shape index (κ1) is 14.2. The molecule has 2 aliphatic rings. The Kier molecular flexibility index (Phi) is 4.32.